The van der Waals surface area contributed by atoms with E-state index in [0.29, 0.717) is 12.5 Å². The quantitative estimate of drug-likeness (QED) is 0.306. The number of aromatic nitrogens is 2. The summed E-state index contributed by atoms with van der Waals surface area (Å²) in [7, 11) is 1.75. The molecule has 1 heterocycles. The number of anilines is 1. The van der Waals surface area contributed by atoms with Gasteiger partial charge < -0.3 is 20.7 Å². The van der Waals surface area contributed by atoms with Crippen LogP contribution in [0.3, 0.4) is 0 Å². The molecule has 2 rings (SSSR count). The van der Waals surface area contributed by atoms with Gasteiger partial charge in [-0.25, -0.2) is 0 Å². The minimum atomic E-state index is -0.115. The molecule has 0 aliphatic rings. The summed E-state index contributed by atoms with van der Waals surface area (Å²) in [6.07, 6.45) is 4.33. The van der Waals surface area contributed by atoms with Crippen molar-refractivity contribution in [1.29, 1.82) is 0 Å². The lowest BCUT2D eigenvalue weighted by Gasteiger charge is -2.13. The lowest BCUT2D eigenvalue weighted by Crippen LogP contribution is -2.37. The van der Waals surface area contributed by atoms with E-state index in [0.717, 1.165) is 43.4 Å². The molecule has 29 heavy (non-hydrogen) atoms. The first-order chi connectivity index (χ1) is 14.1. The van der Waals surface area contributed by atoms with Gasteiger partial charge in [-0.2, -0.15) is 5.10 Å². The number of carbonyl (C=O) groups is 1. The van der Waals surface area contributed by atoms with Crippen LogP contribution < -0.4 is 16.0 Å². The van der Waals surface area contributed by atoms with Crippen molar-refractivity contribution in [2.24, 2.45) is 10.9 Å². The smallest absolute Gasteiger partial charge is 0.246 e. The molecule has 1 amide bonds. The van der Waals surface area contributed by atoms with Crippen molar-refractivity contribution in [2.75, 3.05) is 32.1 Å². The summed E-state index contributed by atoms with van der Waals surface area (Å²) >= 11 is 0. The van der Waals surface area contributed by atoms with Gasteiger partial charge in [-0.15, -0.1) is 0 Å². The molecule has 8 heteroatoms. The summed E-state index contributed by atoms with van der Waals surface area (Å²) < 4.78 is 7.16. The number of guanidine groups is 1. The van der Waals surface area contributed by atoms with Crippen LogP contribution >= 0.6 is 0 Å². The standard InChI is InChI=1S/C21H32N6O2/c1-17(2)16-29-12-6-9-23-21(22-3)24-14-18-7-4-8-19(13-18)26-20(28)15-27-11-5-10-25-27/h4-5,7-8,10-11,13,17H,6,9,12,14-16H2,1-3H3,(H,26,28)(H2,22,23,24). The van der Waals surface area contributed by atoms with Gasteiger partial charge in [-0.1, -0.05) is 26.0 Å². The average Bonchev–Trinajstić information content (AvgIpc) is 3.19. The first kappa shape index (κ1) is 22.4. The Balaban J connectivity index is 1.72. The molecule has 2 aromatic rings. The predicted molar refractivity (Wildman–Crippen MR) is 116 cm³/mol. The number of hydrogen-bond donors (Lipinski definition) is 3. The number of carbonyl (C=O) groups excluding carboxylic acids is 1. The van der Waals surface area contributed by atoms with Crippen molar-refractivity contribution in [3.8, 4) is 0 Å². The SMILES string of the molecule is CN=C(NCCCOCC(C)C)NCc1cccc(NC(=O)Cn2cccn2)c1. The van der Waals surface area contributed by atoms with Crippen LogP contribution in [0.2, 0.25) is 0 Å². The second-order valence-electron chi connectivity index (χ2n) is 7.13. The molecule has 0 aliphatic heterocycles. The Hall–Kier alpha value is -2.87. The fourth-order valence-corrected chi connectivity index (χ4v) is 2.61. The van der Waals surface area contributed by atoms with Gasteiger partial charge in [0.05, 0.1) is 0 Å². The summed E-state index contributed by atoms with van der Waals surface area (Å²) in [6, 6.07) is 9.53. The molecular formula is C21H32N6O2. The van der Waals surface area contributed by atoms with Crippen LogP contribution in [0.5, 0.6) is 0 Å². The second-order valence-corrected chi connectivity index (χ2v) is 7.13. The first-order valence-electron chi connectivity index (χ1n) is 9.95. The Kier molecular flexibility index (Phi) is 9.71. The summed E-state index contributed by atoms with van der Waals surface area (Å²) in [5.41, 5.74) is 1.80. The van der Waals surface area contributed by atoms with E-state index in [2.05, 4.69) is 39.9 Å². The minimum absolute atomic E-state index is 0.115. The van der Waals surface area contributed by atoms with Crippen molar-refractivity contribution in [3.05, 3.63) is 48.3 Å². The number of nitrogens with zero attached hydrogens (tertiary/aromatic N) is 3. The number of amides is 1. The number of aliphatic imine (C=N–C) groups is 1. The number of nitrogens with one attached hydrogen (secondary N) is 3. The van der Waals surface area contributed by atoms with Crippen LogP contribution in [-0.4, -0.2) is 48.5 Å². The molecule has 8 nitrogen and oxygen atoms in total. The fourth-order valence-electron chi connectivity index (χ4n) is 2.61. The van der Waals surface area contributed by atoms with E-state index in [4.69, 9.17) is 4.74 Å². The maximum atomic E-state index is 12.1. The molecule has 0 saturated heterocycles. The largest absolute Gasteiger partial charge is 0.381 e. The molecule has 0 spiro atoms. The Morgan fingerprint density at radius 3 is 2.86 bits per heavy atom. The van der Waals surface area contributed by atoms with E-state index in [1.807, 2.05) is 24.3 Å². The zero-order chi connectivity index (χ0) is 20.9. The predicted octanol–water partition coefficient (Wildman–Crippen LogP) is 2.25. The van der Waals surface area contributed by atoms with Crippen LogP contribution in [0.4, 0.5) is 5.69 Å². The first-order valence-corrected chi connectivity index (χ1v) is 9.95. The molecular weight excluding hydrogens is 368 g/mol. The van der Waals surface area contributed by atoms with Crippen molar-refractivity contribution in [2.45, 2.75) is 33.4 Å². The fraction of sp³-hybridized carbons (Fsp3) is 0.476. The molecule has 1 aromatic heterocycles. The van der Waals surface area contributed by atoms with Gasteiger partial charge in [0.25, 0.3) is 0 Å². The Labute approximate surface area is 172 Å². The van der Waals surface area contributed by atoms with Gasteiger partial charge in [0.1, 0.15) is 6.54 Å². The molecule has 0 unspecified atom stereocenters. The van der Waals surface area contributed by atoms with Crippen LogP contribution in [0.15, 0.2) is 47.7 Å². The van der Waals surface area contributed by atoms with Gasteiger partial charge in [0.15, 0.2) is 5.96 Å². The maximum absolute atomic E-state index is 12.1. The van der Waals surface area contributed by atoms with E-state index in [-0.39, 0.29) is 12.5 Å². The summed E-state index contributed by atoms with van der Waals surface area (Å²) in [6.45, 7) is 7.40. The highest BCUT2D eigenvalue weighted by molar-refractivity contribution is 5.90. The summed E-state index contributed by atoms with van der Waals surface area (Å²) in [4.78, 5) is 16.3. The van der Waals surface area contributed by atoms with Gasteiger partial charge in [-0.3, -0.25) is 14.5 Å². The molecule has 0 radical (unpaired) electrons. The lowest BCUT2D eigenvalue weighted by atomic mass is 10.2. The molecule has 0 fully saturated rings. The average molecular weight is 401 g/mol. The summed E-state index contributed by atoms with van der Waals surface area (Å²) in [5.74, 6) is 1.18. The van der Waals surface area contributed by atoms with Gasteiger partial charge in [0.2, 0.25) is 5.91 Å². The number of ether oxygens (including phenoxy) is 1. The van der Waals surface area contributed by atoms with E-state index >= 15 is 0 Å². The van der Waals surface area contributed by atoms with Gasteiger partial charge in [0, 0.05) is 51.4 Å². The zero-order valence-electron chi connectivity index (χ0n) is 17.5. The highest BCUT2D eigenvalue weighted by Crippen LogP contribution is 2.10. The van der Waals surface area contributed by atoms with Crippen LogP contribution in [0, 0.1) is 5.92 Å². The molecule has 158 valence electrons. The van der Waals surface area contributed by atoms with Crippen LogP contribution in [0.1, 0.15) is 25.8 Å². The molecule has 0 atom stereocenters. The van der Waals surface area contributed by atoms with Crippen molar-refractivity contribution < 1.29 is 9.53 Å². The number of hydrogen-bond acceptors (Lipinski definition) is 4. The monoisotopic (exact) mass is 400 g/mol. The molecule has 3 N–H and O–H groups in total. The van der Waals surface area contributed by atoms with Crippen molar-refractivity contribution in [1.82, 2.24) is 20.4 Å². The van der Waals surface area contributed by atoms with Crippen molar-refractivity contribution in [3.63, 3.8) is 0 Å². The van der Waals surface area contributed by atoms with E-state index in [9.17, 15) is 4.79 Å². The van der Waals surface area contributed by atoms with E-state index in [1.165, 1.54) is 0 Å². The third kappa shape index (κ3) is 9.25. The molecule has 0 aliphatic carbocycles. The second kappa shape index (κ2) is 12.6. The highest BCUT2D eigenvalue weighted by Gasteiger charge is 2.05. The Morgan fingerprint density at radius 1 is 1.28 bits per heavy atom. The topological polar surface area (TPSA) is 92.6 Å². The lowest BCUT2D eigenvalue weighted by molar-refractivity contribution is -0.116. The Bertz CT molecular complexity index is 758. The molecule has 0 bridgehead atoms. The molecule has 0 saturated carbocycles. The molecule has 1 aromatic carbocycles. The summed E-state index contributed by atoms with van der Waals surface area (Å²) in [5, 5.41) is 13.5. The zero-order valence-corrected chi connectivity index (χ0v) is 17.5. The van der Waals surface area contributed by atoms with Crippen molar-refractivity contribution >= 4 is 17.6 Å². The third-order valence-corrected chi connectivity index (χ3v) is 3.97. The van der Waals surface area contributed by atoms with Gasteiger partial charge in [-0.05, 0) is 36.1 Å². The minimum Gasteiger partial charge on any atom is -0.381 e. The highest BCUT2D eigenvalue weighted by atomic mass is 16.5. The maximum Gasteiger partial charge on any atom is 0.246 e. The van der Waals surface area contributed by atoms with E-state index < -0.39 is 0 Å². The third-order valence-electron chi connectivity index (χ3n) is 3.97. The number of rotatable bonds is 11. The normalized spacial score (nSPS) is 11.5. The Morgan fingerprint density at radius 2 is 2.14 bits per heavy atom. The van der Waals surface area contributed by atoms with Crippen LogP contribution in [0.25, 0.3) is 0 Å². The number of benzene rings is 1. The van der Waals surface area contributed by atoms with Crippen LogP contribution in [-0.2, 0) is 22.6 Å². The van der Waals surface area contributed by atoms with E-state index in [1.54, 1.807) is 30.2 Å². The van der Waals surface area contributed by atoms with Gasteiger partial charge >= 0.3 is 0 Å².